The molecular formula is C13H18FNO3S. The van der Waals surface area contributed by atoms with Crippen LogP contribution in [-0.2, 0) is 14.8 Å². The maximum Gasteiger partial charge on any atom is 0.240 e. The van der Waals surface area contributed by atoms with Crippen LogP contribution in [0.2, 0.25) is 0 Å². The third-order valence-electron chi connectivity index (χ3n) is 3.44. The van der Waals surface area contributed by atoms with E-state index in [-0.39, 0.29) is 16.9 Å². The normalized spacial score (nSPS) is 19.3. The average Bonchev–Trinajstić information content (AvgIpc) is 2.40. The van der Waals surface area contributed by atoms with E-state index in [2.05, 4.69) is 4.72 Å². The number of ether oxygens (including phenoxy) is 1. The minimum atomic E-state index is -3.58. The molecule has 0 aliphatic carbocycles. The maximum absolute atomic E-state index is 12.8. The molecule has 1 aromatic rings. The maximum atomic E-state index is 12.8. The monoisotopic (exact) mass is 287 g/mol. The van der Waals surface area contributed by atoms with E-state index in [0.29, 0.717) is 13.2 Å². The molecule has 6 heteroatoms. The van der Waals surface area contributed by atoms with Crippen molar-refractivity contribution in [3.63, 3.8) is 0 Å². The molecule has 1 unspecified atom stereocenters. The second kappa shape index (κ2) is 5.98. The van der Waals surface area contributed by atoms with Gasteiger partial charge in [0, 0.05) is 19.3 Å². The van der Waals surface area contributed by atoms with Crippen LogP contribution < -0.4 is 4.72 Å². The lowest BCUT2D eigenvalue weighted by Gasteiger charge is -2.28. The summed E-state index contributed by atoms with van der Waals surface area (Å²) in [6.45, 7) is 3.21. The summed E-state index contributed by atoms with van der Waals surface area (Å²) in [6.07, 6.45) is 1.71. The van der Waals surface area contributed by atoms with Gasteiger partial charge in [-0.15, -0.1) is 0 Å². The Bertz CT molecular complexity index is 509. The van der Waals surface area contributed by atoms with Gasteiger partial charge in [-0.2, -0.15) is 0 Å². The van der Waals surface area contributed by atoms with E-state index >= 15 is 0 Å². The van der Waals surface area contributed by atoms with Gasteiger partial charge in [0.2, 0.25) is 10.0 Å². The standard InChI is InChI=1S/C13H18FNO3S/c1-10(11-6-8-18-9-7-11)15-19(16,17)13-4-2-12(14)3-5-13/h2-5,10-11,15H,6-9H2,1H3. The average molecular weight is 287 g/mol. The molecule has 0 bridgehead atoms. The Labute approximate surface area is 113 Å². The fourth-order valence-corrected chi connectivity index (χ4v) is 3.55. The van der Waals surface area contributed by atoms with Crippen LogP contribution in [0.15, 0.2) is 29.2 Å². The quantitative estimate of drug-likeness (QED) is 0.920. The first-order chi connectivity index (χ1) is 8.99. The van der Waals surface area contributed by atoms with E-state index in [0.717, 1.165) is 25.0 Å². The zero-order chi connectivity index (χ0) is 13.9. The van der Waals surface area contributed by atoms with Crippen LogP contribution in [0.25, 0.3) is 0 Å². The third kappa shape index (κ3) is 3.75. The van der Waals surface area contributed by atoms with Crippen LogP contribution in [0.1, 0.15) is 19.8 Å². The molecule has 1 aliphatic rings. The Hall–Kier alpha value is -0.980. The summed E-state index contributed by atoms with van der Waals surface area (Å²) in [6, 6.07) is 4.68. The number of halogens is 1. The van der Waals surface area contributed by atoms with Crippen molar-refractivity contribution >= 4 is 10.0 Å². The van der Waals surface area contributed by atoms with Crippen molar-refractivity contribution in [2.45, 2.75) is 30.7 Å². The molecule has 106 valence electrons. The predicted molar refractivity (Wildman–Crippen MR) is 69.7 cm³/mol. The first kappa shape index (κ1) is 14.4. The number of rotatable bonds is 4. The molecule has 0 saturated carbocycles. The number of benzene rings is 1. The zero-order valence-electron chi connectivity index (χ0n) is 10.8. The first-order valence-corrected chi connectivity index (χ1v) is 7.83. The lowest BCUT2D eigenvalue weighted by Crippen LogP contribution is -2.40. The summed E-state index contributed by atoms with van der Waals surface area (Å²) >= 11 is 0. The predicted octanol–water partition coefficient (Wildman–Crippen LogP) is 1.92. The summed E-state index contributed by atoms with van der Waals surface area (Å²) in [4.78, 5) is 0.0906. The van der Waals surface area contributed by atoms with Crippen LogP contribution >= 0.6 is 0 Å². The minimum absolute atomic E-state index is 0.0906. The van der Waals surface area contributed by atoms with Crippen molar-refractivity contribution < 1.29 is 17.5 Å². The first-order valence-electron chi connectivity index (χ1n) is 6.35. The molecule has 0 aromatic heterocycles. The molecule has 1 atom stereocenters. The topological polar surface area (TPSA) is 55.4 Å². The van der Waals surface area contributed by atoms with E-state index < -0.39 is 15.8 Å². The highest BCUT2D eigenvalue weighted by molar-refractivity contribution is 7.89. The van der Waals surface area contributed by atoms with E-state index in [1.807, 2.05) is 6.92 Å². The van der Waals surface area contributed by atoms with Crippen LogP contribution in [0.4, 0.5) is 4.39 Å². The van der Waals surface area contributed by atoms with E-state index in [9.17, 15) is 12.8 Å². The van der Waals surface area contributed by atoms with Crippen molar-refractivity contribution in [2.75, 3.05) is 13.2 Å². The molecule has 0 spiro atoms. The Morgan fingerprint density at radius 3 is 2.42 bits per heavy atom. The van der Waals surface area contributed by atoms with Gasteiger partial charge in [-0.1, -0.05) is 0 Å². The van der Waals surface area contributed by atoms with Crippen LogP contribution in [0, 0.1) is 11.7 Å². The van der Waals surface area contributed by atoms with Crippen molar-refractivity contribution in [3.8, 4) is 0 Å². The Balaban J connectivity index is 2.05. The smallest absolute Gasteiger partial charge is 0.240 e. The van der Waals surface area contributed by atoms with Gasteiger partial charge < -0.3 is 4.74 Å². The van der Waals surface area contributed by atoms with Gasteiger partial charge in [-0.05, 0) is 49.9 Å². The largest absolute Gasteiger partial charge is 0.381 e. The molecule has 4 nitrogen and oxygen atoms in total. The summed E-state index contributed by atoms with van der Waals surface area (Å²) in [5, 5.41) is 0. The minimum Gasteiger partial charge on any atom is -0.381 e. The second-order valence-corrected chi connectivity index (χ2v) is 6.53. The number of hydrogen-bond acceptors (Lipinski definition) is 3. The molecule has 1 heterocycles. The fraction of sp³-hybridized carbons (Fsp3) is 0.538. The summed E-state index contributed by atoms with van der Waals surface area (Å²) < 4.78 is 45.0. The highest BCUT2D eigenvalue weighted by Gasteiger charge is 2.25. The Morgan fingerprint density at radius 1 is 1.26 bits per heavy atom. The number of nitrogens with one attached hydrogen (secondary N) is 1. The van der Waals surface area contributed by atoms with Gasteiger partial charge in [0.15, 0.2) is 0 Å². The number of hydrogen-bond donors (Lipinski definition) is 1. The van der Waals surface area contributed by atoms with E-state index in [1.54, 1.807) is 0 Å². The van der Waals surface area contributed by atoms with E-state index in [1.165, 1.54) is 12.1 Å². The highest BCUT2D eigenvalue weighted by atomic mass is 32.2. The molecule has 1 aromatic carbocycles. The van der Waals surface area contributed by atoms with Crippen LogP contribution in [0.5, 0.6) is 0 Å². The molecule has 0 amide bonds. The lowest BCUT2D eigenvalue weighted by molar-refractivity contribution is 0.0585. The Kier molecular flexibility index (Phi) is 4.54. The second-order valence-electron chi connectivity index (χ2n) is 4.81. The molecule has 1 N–H and O–H groups in total. The summed E-state index contributed by atoms with van der Waals surface area (Å²) in [5.74, 6) is -0.166. The van der Waals surface area contributed by atoms with Gasteiger partial charge in [0.05, 0.1) is 4.90 Å². The molecule has 2 rings (SSSR count). The summed E-state index contributed by atoms with van der Waals surface area (Å²) in [7, 11) is -3.58. The molecule has 1 saturated heterocycles. The zero-order valence-corrected chi connectivity index (χ0v) is 11.6. The molecule has 1 aliphatic heterocycles. The van der Waals surface area contributed by atoms with Gasteiger partial charge in [0.1, 0.15) is 5.82 Å². The van der Waals surface area contributed by atoms with Gasteiger partial charge in [-0.3, -0.25) is 0 Å². The summed E-state index contributed by atoms with van der Waals surface area (Å²) in [5.41, 5.74) is 0. The Morgan fingerprint density at radius 2 is 1.84 bits per heavy atom. The van der Waals surface area contributed by atoms with Crippen molar-refractivity contribution in [1.29, 1.82) is 0 Å². The lowest BCUT2D eigenvalue weighted by atomic mass is 9.94. The molecular weight excluding hydrogens is 269 g/mol. The molecule has 1 fully saturated rings. The van der Waals surface area contributed by atoms with Crippen LogP contribution in [0.3, 0.4) is 0 Å². The molecule has 0 radical (unpaired) electrons. The van der Waals surface area contributed by atoms with Crippen LogP contribution in [-0.4, -0.2) is 27.7 Å². The van der Waals surface area contributed by atoms with Gasteiger partial charge >= 0.3 is 0 Å². The highest BCUT2D eigenvalue weighted by Crippen LogP contribution is 2.20. The van der Waals surface area contributed by atoms with Crippen molar-refractivity contribution in [1.82, 2.24) is 4.72 Å². The van der Waals surface area contributed by atoms with Gasteiger partial charge in [0.25, 0.3) is 0 Å². The van der Waals surface area contributed by atoms with Crippen molar-refractivity contribution in [2.24, 2.45) is 5.92 Å². The number of sulfonamides is 1. The fourth-order valence-electron chi connectivity index (χ4n) is 2.24. The molecule has 19 heavy (non-hydrogen) atoms. The van der Waals surface area contributed by atoms with Crippen molar-refractivity contribution in [3.05, 3.63) is 30.1 Å². The van der Waals surface area contributed by atoms with Gasteiger partial charge in [-0.25, -0.2) is 17.5 Å². The third-order valence-corrected chi connectivity index (χ3v) is 5.01. The van der Waals surface area contributed by atoms with E-state index in [4.69, 9.17) is 4.74 Å². The SMILES string of the molecule is CC(NS(=O)(=O)c1ccc(F)cc1)C1CCOCC1.